The molecular formula is C17H19N3O4S. The second-order valence-corrected chi connectivity index (χ2v) is 6.72. The summed E-state index contributed by atoms with van der Waals surface area (Å²) in [6, 6.07) is 8.45. The van der Waals surface area contributed by atoms with Crippen molar-refractivity contribution in [3.8, 4) is 10.6 Å². The van der Waals surface area contributed by atoms with Crippen LogP contribution >= 0.6 is 11.3 Å². The minimum atomic E-state index is -1.12. The Bertz CT molecular complexity index is 786. The predicted octanol–water partition coefficient (Wildman–Crippen LogP) is 2.49. The number of urea groups is 1. The van der Waals surface area contributed by atoms with Crippen molar-refractivity contribution in [1.29, 1.82) is 0 Å². The van der Waals surface area contributed by atoms with Crippen LogP contribution in [0.2, 0.25) is 0 Å². The second-order valence-electron chi connectivity index (χ2n) is 5.72. The number of aryl methyl sites for hydroxylation is 1. The maximum atomic E-state index is 12.5. The van der Waals surface area contributed by atoms with Gasteiger partial charge in [-0.25, -0.2) is 14.6 Å². The summed E-state index contributed by atoms with van der Waals surface area (Å²) in [5.74, 6) is -1.73. The van der Waals surface area contributed by atoms with Crippen molar-refractivity contribution < 1.29 is 19.1 Å². The van der Waals surface area contributed by atoms with Gasteiger partial charge in [0.2, 0.25) is 0 Å². The summed E-state index contributed by atoms with van der Waals surface area (Å²) >= 11 is 1.19. The molecule has 1 aromatic heterocycles. The van der Waals surface area contributed by atoms with Crippen molar-refractivity contribution in [2.45, 2.75) is 26.9 Å². The molecule has 7 nitrogen and oxygen atoms in total. The van der Waals surface area contributed by atoms with E-state index < -0.39 is 24.0 Å². The second kappa shape index (κ2) is 7.89. The normalized spacial score (nSPS) is 11.8. The Kier molecular flexibility index (Phi) is 5.87. The first kappa shape index (κ1) is 18.6. The van der Waals surface area contributed by atoms with E-state index in [4.69, 9.17) is 10.5 Å². The van der Waals surface area contributed by atoms with Gasteiger partial charge in [-0.15, -0.1) is 11.3 Å². The SMILES string of the molecule is Cc1nc(-c2ccccc2)sc1C(=O)OC(C(=O)NC(N)=O)C(C)C. The molecule has 0 spiro atoms. The lowest BCUT2D eigenvalue weighted by Crippen LogP contribution is -2.45. The summed E-state index contributed by atoms with van der Waals surface area (Å²) in [6.07, 6.45) is -1.12. The van der Waals surface area contributed by atoms with E-state index in [1.54, 1.807) is 20.8 Å². The Balaban J connectivity index is 2.21. The number of hydrogen-bond acceptors (Lipinski definition) is 6. The van der Waals surface area contributed by atoms with Gasteiger partial charge < -0.3 is 10.5 Å². The molecule has 0 saturated heterocycles. The fourth-order valence-electron chi connectivity index (χ4n) is 2.14. The van der Waals surface area contributed by atoms with Crippen LogP contribution in [0, 0.1) is 12.8 Å². The van der Waals surface area contributed by atoms with Gasteiger partial charge in [0, 0.05) is 5.56 Å². The fourth-order valence-corrected chi connectivity index (χ4v) is 3.10. The van der Waals surface area contributed by atoms with Gasteiger partial charge >= 0.3 is 12.0 Å². The lowest BCUT2D eigenvalue weighted by Gasteiger charge is -2.19. The number of primary amides is 1. The Morgan fingerprint density at radius 2 is 1.84 bits per heavy atom. The maximum Gasteiger partial charge on any atom is 0.351 e. The molecule has 0 aliphatic carbocycles. The van der Waals surface area contributed by atoms with Crippen LogP contribution in [0.3, 0.4) is 0 Å². The van der Waals surface area contributed by atoms with Crippen LogP contribution in [0.4, 0.5) is 4.79 Å². The van der Waals surface area contributed by atoms with E-state index in [1.807, 2.05) is 35.6 Å². The van der Waals surface area contributed by atoms with Gasteiger partial charge in [0.1, 0.15) is 9.88 Å². The number of carbonyl (C=O) groups excluding carboxylic acids is 3. The molecule has 0 aliphatic heterocycles. The van der Waals surface area contributed by atoms with E-state index in [-0.39, 0.29) is 5.92 Å². The molecule has 1 aromatic carbocycles. The first-order valence-electron chi connectivity index (χ1n) is 7.63. The molecule has 0 radical (unpaired) electrons. The number of nitrogens with two attached hydrogens (primary N) is 1. The van der Waals surface area contributed by atoms with E-state index in [0.29, 0.717) is 15.6 Å². The molecule has 132 valence electrons. The summed E-state index contributed by atoms with van der Waals surface area (Å²) in [5.41, 5.74) is 6.36. The Labute approximate surface area is 149 Å². The summed E-state index contributed by atoms with van der Waals surface area (Å²) in [5, 5.41) is 2.62. The molecule has 1 heterocycles. The van der Waals surface area contributed by atoms with Crippen LogP contribution in [-0.2, 0) is 9.53 Å². The zero-order valence-corrected chi connectivity index (χ0v) is 14.9. The quantitative estimate of drug-likeness (QED) is 0.795. The number of rotatable bonds is 5. The van der Waals surface area contributed by atoms with Crippen molar-refractivity contribution in [1.82, 2.24) is 10.3 Å². The van der Waals surface area contributed by atoms with E-state index in [9.17, 15) is 14.4 Å². The molecule has 1 unspecified atom stereocenters. The highest BCUT2D eigenvalue weighted by molar-refractivity contribution is 7.17. The molecule has 1 atom stereocenters. The molecule has 0 saturated carbocycles. The number of amides is 3. The van der Waals surface area contributed by atoms with Crippen molar-refractivity contribution >= 4 is 29.2 Å². The van der Waals surface area contributed by atoms with Gasteiger partial charge in [-0.1, -0.05) is 44.2 Å². The molecule has 2 rings (SSSR count). The number of esters is 1. The number of ether oxygens (including phenoxy) is 1. The number of thiazole rings is 1. The van der Waals surface area contributed by atoms with E-state index in [2.05, 4.69) is 4.98 Å². The van der Waals surface area contributed by atoms with Gasteiger partial charge in [-0.05, 0) is 12.8 Å². The van der Waals surface area contributed by atoms with Crippen LogP contribution < -0.4 is 11.1 Å². The largest absolute Gasteiger partial charge is 0.448 e. The van der Waals surface area contributed by atoms with Crippen molar-refractivity contribution in [2.75, 3.05) is 0 Å². The van der Waals surface area contributed by atoms with Gasteiger partial charge in [0.25, 0.3) is 5.91 Å². The zero-order chi connectivity index (χ0) is 18.6. The third kappa shape index (κ3) is 4.63. The first-order chi connectivity index (χ1) is 11.8. The number of nitrogens with one attached hydrogen (secondary N) is 1. The molecular weight excluding hydrogens is 342 g/mol. The predicted molar refractivity (Wildman–Crippen MR) is 94.1 cm³/mol. The van der Waals surface area contributed by atoms with Crippen LogP contribution in [0.1, 0.15) is 29.2 Å². The molecule has 3 amide bonds. The first-order valence-corrected chi connectivity index (χ1v) is 8.45. The topological polar surface area (TPSA) is 111 Å². The number of aromatic nitrogens is 1. The summed E-state index contributed by atoms with van der Waals surface area (Å²) in [7, 11) is 0. The average molecular weight is 361 g/mol. The zero-order valence-electron chi connectivity index (χ0n) is 14.1. The van der Waals surface area contributed by atoms with Crippen molar-refractivity contribution in [2.24, 2.45) is 11.7 Å². The van der Waals surface area contributed by atoms with Crippen molar-refractivity contribution in [3.05, 3.63) is 40.9 Å². The van der Waals surface area contributed by atoms with E-state index in [1.165, 1.54) is 11.3 Å². The highest BCUT2D eigenvalue weighted by Crippen LogP contribution is 2.28. The fraction of sp³-hybridized carbons (Fsp3) is 0.294. The standard InChI is InChI=1S/C17H19N3O4S/c1-9(2)12(14(21)20-17(18)23)24-16(22)13-10(3)19-15(25-13)11-7-5-4-6-8-11/h4-9,12H,1-3H3,(H3,18,20,21,23). The third-order valence-corrected chi connectivity index (χ3v) is 4.53. The number of carbonyl (C=O) groups is 3. The average Bonchev–Trinajstić information content (AvgIpc) is 2.94. The van der Waals surface area contributed by atoms with Crippen LogP contribution in [0.15, 0.2) is 30.3 Å². The van der Waals surface area contributed by atoms with Crippen LogP contribution in [0.5, 0.6) is 0 Å². The molecule has 25 heavy (non-hydrogen) atoms. The van der Waals surface area contributed by atoms with Crippen molar-refractivity contribution in [3.63, 3.8) is 0 Å². The number of imide groups is 1. The van der Waals surface area contributed by atoms with Crippen LogP contribution in [0.25, 0.3) is 10.6 Å². The number of hydrogen-bond donors (Lipinski definition) is 2. The molecule has 3 N–H and O–H groups in total. The highest BCUT2D eigenvalue weighted by Gasteiger charge is 2.29. The maximum absolute atomic E-state index is 12.5. The molecule has 0 fully saturated rings. The van der Waals surface area contributed by atoms with Gasteiger partial charge in [-0.3, -0.25) is 10.1 Å². The smallest absolute Gasteiger partial charge is 0.351 e. The number of benzene rings is 1. The monoisotopic (exact) mass is 361 g/mol. The molecule has 0 bridgehead atoms. The molecule has 8 heteroatoms. The summed E-state index contributed by atoms with van der Waals surface area (Å²) in [6.45, 7) is 5.11. The Morgan fingerprint density at radius 3 is 2.40 bits per heavy atom. The van der Waals surface area contributed by atoms with E-state index >= 15 is 0 Å². The lowest BCUT2D eigenvalue weighted by atomic mass is 10.1. The summed E-state index contributed by atoms with van der Waals surface area (Å²) < 4.78 is 5.30. The van der Waals surface area contributed by atoms with Gasteiger partial charge in [0.05, 0.1) is 5.69 Å². The Hall–Kier alpha value is -2.74. The minimum Gasteiger partial charge on any atom is -0.448 e. The Morgan fingerprint density at radius 1 is 1.20 bits per heavy atom. The summed E-state index contributed by atoms with van der Waals surface area (Å²) in [4.78, 5) is 40.0. The molecule has 0 aliphatic rings. The number of nitrogens with zero attached hydrogens (tertiary/aromatic N) is 1. The molecule has 2 aromatic rings. The highest BCUT2D eigenvalue weighted by atomic mass is 32.1. The van der Waals surface area contributed by atoms with Gasteiger partial charge in [0.15, 0.2) is 6.10 Å². The third-order valence-electron chi connectivity index (χ3n) is 3.35. The minimum absolute atomic E-state index is 0.316. The van der Waals surface area contributed by atoms with E-state index in [0.717, 1.165) is 5.56 Å². The van der Waals surface area contributed by atoms with Crippen LogP contribution in [-0.4, -0.2) is 29.0 Å². The lowest BCUT2D eigenvalue weighted by molar-refractivity contribution is -0.130. The van der Waals surface area contributed by atoms with Gasteiger partial charge in [-0.2, -0.15) is 0 Å².